The minimum atomic E-state index is 0.122. The first-order chi connectivity index (χ1) is 9.61. The fraction of sp³-hybridized carbons (Fsp3) is 0.438. The zero-order valence-corrected chi connectivity index (χ0v) is 12.6. The summed E-state index contributed by atoms with van der Waals surface area (Å²) in [6.07, 6.45) is 3.03. The molecule has 0 bridgehead atoms. The van der Waals surface area contributed by atoms with Crippen LogP contribution in [0.2, 0.25) is 0 Å². The second-order valence-electron chi connectivity index (χ2n) is 5.15. The molecule has 20 heavy (non-hydrogen) atoms. The molecule has 0 radical (unpaired) electrons. The summed E-state index contributed by atoms with van der Waals surface area (Å²) in [4.78, 5) is 4.41. The number of nitrogens with zero attached hydrogens (tertiary/aromatic N) is 3. The van der Waals surface area contributed by atoms with Crippen molar-refractivity contribution in [2.24, 2.45) is 0 Å². The molecule has 0 saturated carbocycles. The maximum absolute atomic E-state index is 4.41. The number of pyridine rings is 1. The van der Waals surface area contributed by atoms with Gasteiger partial charge in [0.05, 0.1) is 17.4 Å². The lowest BCUT2D eigenvalue weighted by molar-refractivity contribution is 0.589. The third-order valence-electron chi connectivity index (χ3n) is 3.32. The van der Waals surface area contributed by atoms with Crippen molar-refractivity contribution >= 4 is 0 Å². The summed E-state index contributed by atoms with van der Waals surface area (Å²) in [5, 5.41) is 11.9. The van der Waals surface area contributed by atoms with E-state index in [9.17, 15) is 0 Å². The van der Waals surface area contributed by atoms with Gasteiger partial charge in [-0.2, -0.15) is 10.2 Å². The standard InChI is InChI=1S/C16H22N4/c1-5-8-17-16(14-7-6-11(2)18-10-14)15-9-12(3)19-20-13(15)4/h6-7,9-10,16-17H,5,8H2,1-4H3. The van der Waals surface area contributed by atoms with Gasteiger partial charge in [0.15, 0.2) is 0 Å². The molecule has 2 aromatic rings. The lowest BCUT2D eigenvalue weighted by atomic mass is 9.98. The smallest absolute Gasteiger partial charge is 0.0651 e. The molecule has 0 aliphatic carbocycles. The first-order valence-corrected chi connectivity index (χ1v) is 7.08. The van der Waals surface area contributed by atoms with Gasteiger partial charge < -0.3 is 5.32 Å². The maximum Gasteiger partial charge on any atom is 0.0651 e. The summed E-state index contributed by atoms with van der Waals surface area (Å²) in [6.45, 7) is 9.10. The van der Waals surface area contributed by atoms with Crippen LogP contribution in [0.1, 0.15) is 47.6 Å². The highest BCUT2D eigenvalue weighted by Gasteiger charge is 2.17. The Morgan fingerprint density at radius 3 is 2.55 bits per heavy atom. The molecule has 2 rings (SSSR count). The number of hydrogen-bond donors (Lipinski definition) is 1. The van der Waals surface area contributed by atoms with Gasteiger partial charge in [-0.1, -0.05) is 13.0 Å². The van der Waals surface area contributed by atoms with Gasteiger partial charge in [-0.15, -0.1) is 0 Å². The van der Waals surface area contributed by atoms with Crippen LogP contribution in [0.5, 0.6) is 0 Å². The van der Waals surface area contributed by atoms with Crippen molar-refractivity contribution in [2.45, 2.75) is 40.2 Å². The fourth-order valence-electron chi connectivity index (χ4n) is 2.21. The van der Waals surface area contributed by atoms with Crippen LogP contribution in [-0.4, -0.2) is 21.7 Å². The van der Waals surface area contributed by atoms with E-state index in [0.717, 1.165) is 30.0 Å². The molecule has 0 fully saturated rings. The van der Waals surface area contributed by atoms with E-state index in [-0.39, 0.29) is 6.04 Å². The van der Waals surface area contributed by atoms with Crippen molar-refractivity contribution in [3.8, 4) is 0 Å². The van der Waals surface area contributed by atoms with Crippen molar-refractivity contribution in [1.82, 2.24) is 20.5 Å². The van der Waals surface area contributed by atoms with E-state index in [4.69, 9.17) is 0 Å². The van der Waals surface area contributed by atoms with E-state index in [1.165, 1.54) is 11.1 Å². The summed E-state index contributed by atoms with van der Waals surface area (Å²) in [6, 6.07) is 6.41. The Labute approximate surface area is 120 Å². The fourth-order valence-corrected chi connectivity index (χ4v) is 2.21. The highest BCUT2D eigenvalue weighted by molar-refractivity contribution is 5.33. The third kappa shape index (κ3) is 3.39. The number of hydrogen-bond acceptors (Lipinski definition) is 4. The van der Waals surface area contributed by atoms with E-state index >= 15 is 0 Å². The normalized spacial score (nSPS) is 12.4. The molecule has 4 nitrogen and oxygen atoms in total. The lowest BCUT2D eigenvalue weighted by Gasteiger charge is -2.21. The van der Waals surface area contributed by atoms with Crippen LogP contribution in [0.15, 0.2) is 24.4 Å². The van der Waals surface area contributed by atoms with Gasteiger partial charge in [-0.3, -0.25) is 4.98 Å². The largest absolute Gasteiger partial charge is 0.306 e. The summed E-state index contributed by atoms with van der Waals surface area (Å²) in [7, 11) is 0. The number of aromatic nitrogens is 3. The quantitative estimate of drug-likeness (QED) is 0.907. The van der Waals surface area contributed by atoms with Crippen molar-refractivity contribution in [2.75, 3.05) is 6.54 Å². The molecule has 1 N–H and O–H groups in total. The second kappa shape index (κ2) is 6.57. The summed E-state index contributed by atoms with van der Waals surface area (Å²) in [5.41, 5.74) is 5.28. The molecular formula is C16H22N4. The number of aryl methyl sites for hydroxylation is 3. The SMILES string of the molecule is CCCNC(c1ccc(C)nc1)c1cc(C)nnc1C. The zero-order valence-electron chi connectivity index (χ0n) is 12.6. The first-order valence-electron chi connectivity index (χ1n) is 7.08. The molecule has 0 aromatic carbocycles. The Bertz CT molecular complexity index is 563. The molecule has 0 saturated heterocycles. The van der Waals surface area contributed by atoms with Crippen LogP contribution >= 0.6 is 0 Å². The Morgan fingerprint density at radius 1 is 1.10 bits per heavy atom. The van der Waals surface area contributed by atoms with Crippen LogP contribution < -0.4 is 5.32 Å². The Kier molecular flexibility index (Phi) is 4.79. The Balaban J connectivity index is 2.41. The van der Waals surface area contributed by atoms with Crippen LogP contribution in [0.25, 0.3) is 0 Å². The Hall–Kier alpha value is -1.81. The Morgan fingerprint density at radius 2 is 1.90 bits per heavy atom. The average Bonchev–Trinajstić information content (AvgIpc) is 2.44. The molecule has 0 spiro atoms. The van der Waals surface area contributed by atoms with Gasteiger partial charge in [0, 0.05) is 11.9 Å². The minimum absolute atomic E-state index is 0.122. The molecule has 0 aliphatic rings. The molecule has 106 valence electrons. The van der Waals surface area contributed by atoms with Gasteiger partial charge in [-0.25, -0.2) is 0 Å². The van der Waals surface area contributed by atoms with Crippen molar-refractivity contribution in [3.63, 3.8) is 0 Å². The van der Waals surface area contributed by atoms with Crippen LogP contribution in [0.3, 0.4) is 0 Å². The third-order valence-corrected chi connectivity index (χ3v) is 3.32. The molecular weight excluding hydrogens is 248 g/mol. The van der Waals surface area contributed by atoms with E-state index < -0.39 is 0 Å². The van der Waals surface area contributed by atoms with E-state index in [1.54, 1.807) is 0 Å². The van der Waals surface area contributed by atoms with Gasteiger partial charge in [0.1, 0.15) is 0 Å². The number of nitrogens with one attached hydrogen (secondary N) is 1. The predicted octanol–water partition coefficient (Wildman–Crippen LogP) is 2.89. The first kappa shape index (κ1) is 14.6. The van der Waals surface area contributed by atoms with Gasteiger partial charge in [-0.05, 0) is 57.0 Å². The molecule has 1 atom stereocenters. The van der Waals surface area contributed by atoms with E-state index in [2.05, 4.69) is 39.6 Å². The topological polar surface area (TPSA) is 50.7 Å². The number of rotatable bonds is 5. The highest BCUT2D eigenvalue weighted by Crippen LogP contribution is 2.24. The summed E-state index contributed by atoms with van der Waals surface area (Å²) < 4.78 is 0. The van der Waals surface area contributed by atoms with Crippen LogP contribution in [0.4, 0.5) is 0 Å². The molecule has 4 heteroatoms. The van der Waals surface area contributed by atoms with Crippen molar-refractivity contribution in [3.05, 3.63) is 52.6 Å². The van der Waals surface area contributed by atoms with Crippen LogP contribution in [0, 0.1) is 20.8 Å². The molecule has 2 heterocycles. The van der Waals surface area contributed by atoms with Gasteiger partial charge >= 0.3 is 0 Å². The average molecular weight is 270 g/mol. The van der Waals surface area contributed by atoms with Crippen molar-refractivity contribution in [1.29, 1.82) is 0 Å². The predicted molar refractivity (Wildman–Crippen MR) is 80.6 cm³/mol. The molecule has 1 unspecified atom stereocenters. The monoisotopic (exact) mass is 270 g/mol. The van der Waals surface area contributed by atoms with Crippen LogP contribution in [-0.2, 0) is 0 Å². The van der Waals surface area contributed by atoms with E-state index in [1.807, 2.05) is 33.0 Å². The van der Waals surface area contributed by atoms with E-state index in [0.29, 0.717) is 0 Å². The second-order valence-corrected chi connectivity index (χ2v) is 5.15. The molecule has 0 aliphatic heterocycles. The summed E-state index contributed by atoms with van der Waals surface area (Å²) in [5.74, 6) is 0. The molecule has 0 amide bonds. The summed E-state index contributed by atoms with van der Waals surface area (Å²) >= 11 is 0. The zero-order chi connectivity index (χ0) is 14.5. The molecule has 2 aromatic heterocycles. The minimum Gasteiger partial charge on any atom is -0.306 e. The van der Waals surface area contributed by atoms with Gasteiger partial charge in [0.2, 0.25) is 0 Å². The lowest BCUT2D eigenvalue weighted by Crippen LogP contribution is -2.24. The van der Waals surface area contributed by atoms with Gasteiger partial charge in [0.25, 0.3) is 0 Å². The van der Waals surface area contributed by atoms with Crippen molar-refractivity contribution < 1.29 is 0 Å². The highest BCUT2D eigenvalue weighted by atomic mass is 15.1. The maximum atomic E-state index is 4.41.